The summed E-state index contributed by atoms with van der Waals surface area (Å²) in [7, 11) is 0. The summed E-state index contributed by atoms with van der Waals surface area (Å²) in [6.45, 7) is 4.16. The van der Waals surface area contributed by atoms with Crippen LogP contribution in [0.1, 0.15) is 44.4 Å². The molecular formula is C41H48O15. The first-order valence-electron chi connectivity index (χ1n) is 18.2. The molecule has 2 fully saturated rings. The van der Waals surface area contributed by atoms with Gasteiger partial charge >= 0.3 is 23.9 Å². The number of hydrogen-bond donors (Lipinski definition) is 1. The van der Waals surface area contributed by atoms with Crippen LogP contribution in [0.2, 0.25) is 0 Å². The molecule has 2 heterocycles. The third kappa shape index (κ3) is 12.4. The molecule has 302 valence electrons. The number of rotatable bonds is 17. The molecule has 0 spiro atoms. The zero-order valence-corrected chi connectivity index (χ0v) is 31.6. The SMILES string of the molecule is CC(=O)OC[C@H]1O[C@H](OC[C@H]2O[C@H](O)[C@H](OCc3ccccc3)[C@@H](OCc3ccccc3)[C@@H]2OCc2ccccc2)[C@@H](OC(C)=O)[C@@H](OC(C)=O)[C@@H]1OC(C)=O. The second-order valence-corrected chi connectivity index (χ2v) is 13.2. The second-order valence-electron chi connectivity index (χ2n) is 13.2. The number of benzene rings is 3. The zero-order chi connectivity index (χ0) is 40.0. The maximum Gasteiger partial charge on any atom is 0.303 e. The quantitative estimate of drug-likeness (QED) is 0.155. The fourth-order valence-electron chi connectivity index (χ4n) is 6.41. The Morgan fingerprint density at radius 3 is 1.39 bits per heavy atom. The van der Waals surface area contributed by atoms with Gasteiger partial charge in [-0.2, -0.15) is 0 Å². The van der Waals surface area contributed by atoms with Gasteiger partial charge in [0.2, 0.25) is 0 Å². The fraction of sp³-hybridized carbons (Fsp3) is 0.463. The van der Waals surface area contributed by atoms with Crippen molar-refractivity contribution in [3.63, 3.8) is 0 Å². The van der Waals surface area contributed by atoms with E-state index in [1.165, 1.54) is 6.92 Å². The van der Waals surface area contributed by atoms with Crippen LogP contribution >= 0.6 is 0 Å². The standard InChI is InChI=1S/C41H48O15/c1-25(42)47-23-33-35(52-26(2)43)37(53-27(3)44)39(54-28(4)45)41(56-33)51-24-32-34(48-20-29-14-8-5-9-15-29)36(49-21-30-16-10-6-11-17-30)38(40(46)55-32)50-22-31-18-12-7-13-19-31/h5-19,32-41,46H,20-24H2,1-4H3/t32-,33-,34-,35-,36+,37+,38-,39+,40+,41+/m1/s1. The molecule has 2 aliphatic rings. The van der Waals surface area contributed by atoms with Crippen molar-refractivity contribution in [3.8, 4) is 0 Å². The predicted octanol–water partition coefficient (Wildman–Crippen LogP) is 3.56. The lowest BCUT2D eigenvalue weighted by Crippen LogP contribution is -2.64. The molecule has 2 aliphatic heterocycles. The van der Waals surface area contributed by atoms with Gasteiger partial charge in [-0.1, -0.05) is 91.0 Å². The number of hydrogen-bond acceptors (Lipinski definition) is 15. The molecule has 0 aliphatic carbocycles. The monoisotopic (exact) mass is 780 g/mol. The molecule has 0 radical (unpaired) electrons. The van der Waals surface area contributed by atoms with E-state index in [0.717, 1.165) is 37.5 Å². The van der Waals surface area contributed by atoms with Crippen molar-refractivity contribution in [1.29, 1.82) is 0 Å². The normalized spacial score (nSPS) is 27.4. The van der Waals surface area contributed by atoms with E-state index in [9.17, 15) is 24.3 Å². The van der Waals surface area contributed by atoms with Gasteiger partial charge in [-0.3, -0.25) is 19.2 Å². The molecule has 3 aromatic rings. The van der Waals surface area contributed by atoms with Crippen molar-refractivity contribution in [3.05, 3.63) is 108 Å². The summed E-state index contributed by atoms with van der Waals surface area (Å²) in [4.78, 5) is 48.7. The van der Waals surface area contributed by atoms with Gasteiger partial charge < -0.3 is 52.5 Å². The average molecular weight is 781 g/mol. The Kier molecular flexibility index (Phi) is 15.9. The summed E-state index contributed by atoms with van der Waals surface area (Å²) in [6.07, 6.45) is -12.5. The number of aliphatic hydroxyl groups excluding tert-OH is 1. The second kappa shape index (κ2) is 21.0. The highest BCUT2D eigenvalue weighted by atomic mass is 16.7. The Morgan fingerprint density at radius 2 is 0.911 bits per heavy atom. The summed E-state index contributed by atoms with van der Waals surface area (Å²) >= 11 is 0. The van der Waals surface area contributed by atoms with E-state index < -0.39 is 91.9 Å². The zero-order valence-electron chi connectivity index (χ0n) is 31.6. The van der Waals surface area contributed by atoms with Crippen molar-refractivity contribution >= 4 is 23.9 Å². The third-order valence-corrected chi connectivity index (χ3v) is 8.84. The van der Waals surface area contributed by atoms with Crippen LogP contribution in [0.3, 0.4) is 0 Å². The van der Waals surface area contributed by atoms with E-state index in [0.29, 0.717) is 0 Å². The van der Waals surface area contributed by atoms with Crippen LogP contribution in [0, 0.1) is 0 Å². The minimum atomic E-state index is -1.53. The van der Waals surface area contributed by atoms with E-state index in [1.54, 1.807) is 0 Å². The third-order valence-electron chi connectivity index (χ3n) is 8.84. The highest BCUT2D eigenvalue weighted by Crippen LogP contribution is 2.33. The molecule has 3 aromatic carbocycles. The highest BCUT2D eigenvalue weighted by molar-refractivity contribution is 5.68. The Hall–Kier alpha value is -4.74. The van der Waals surface area contributed by atoms with Crippen LogP contribution in [-0.2, 0) is 86.4 Å². The van der Waals surface area contributed by atoms with Gasteiger partial charge in [0.25, 0.3) is 0 Å². The molecule has 2 saturated heterocycles. The minimum Gasteiger partial charge on any atom is -0.463 e. The van der Waals surface area contributed by atoms with E-state index in [2.05, 4.69) is 0 Å². The lowest BCUT2D eigenvalue weighted by molar-refractivity contribution is -0.339. The van der Waals surface area contributed by atoms with Gasteiger partial charge in [0.1, 0.15) is 37.1 Å². The molecule has 0 amide bonds. The fourth-order valence-corrected chi connectivity index (χ4v) is 6.41. The van der Waals surface area contributed by atoms with Gasteiger partial charge in [-0.25, -0.2) is 0 Å². The first-order chi connectivity index (χ1) is 27.0. The molecule has 15 heteroatoms. The molecule has 0 saturated carbocycles. The molecule has 15 nitrogen and oxygen atoms in total. The summed E-state index contributed by atoms with van der Waals surface area (Å²) in [5.41, 5.74) is 2.57. The van der Waals surface area contributed by atoms with Crippen molar-refractivity contribution in [2.75, 3.05) is 13.2 Å². The van der Waals surface area contributed by atoms with Crippen LogP contribution in [0.4, 0.5) is 0 Å². The molecule has 10 atom stereocenters. The molecule has 0 unspecified atom stereocenters. The van der Waals surface area contributed by atoms with Crippen LogP contribution < -0.4 is 0 Å². The molecule has 5 rings (SSSR count). The lowest BCUT2D eigenvalue weighted by atomic mass is 9.97. The number of carbonyl (C=O) groups excluding carboxylic acids is 4. The number of aliphatic hydroxyl groups is 1. The van der Waals surface area contributed by atoms with Crippen molar-refractivity contribution in [2.45, 2.75) is 109 Å². The number of ether oxygens (including phenoxy) is 10. The number of carbonyl (C=O) groups is 4. The minimum absolute atomic E-state index is 0.122. The predicted molar refractivity (Wildman–Crippen MR) is 194 cm³/mol. The van der Waals surface area contributed by atoms with E-state index >= 15 is 0 Å². The Bertz CT molecular complexity index is 1690. The van der Waals surface area contributed by atoms with Gasteiger partial charge in [-0.05, 0) is 16.7 Å². The van der Waals surface area contributed by atoms with Crippen molar-refractivity contribution in [2.24, 2.45) is 0 Å². The Morgan fingerprint density at radius 1 is 0.482 bits per heavy atom. The summed E-state index contributed by atoms with van der Waals surface area (Å²) in [6, 6.07) is 28.3. The lowest BCUT2D eigenvalue weighted by Gasteiger charge is -2.46. The van der Waals surface area contributed by atoms with Crippen LogP contribution in [-0.4, -0.2) is 104 Å². The van der Waals surface area contributed by atoms with E-state index in [4.69, 9.17) is 47.4 Å². The van der Waals surface area contributed by atoms with E-state index in [1.807, 2.05) is 91.0 Å². The maximum atomic E-state index is 12.4. The summed E-state index contributed by atoms with van der Waals surface area (Å²) < 4.78 is 59.7. The smallest absolute Gasteiger partial charge is 0.303 e. The Labute approximate surface area is 325 Å². The topological polar surface area (TPSA) is 181 Å². The van der Waals surface area contributed by atoms with Gasteiger partial charge in [0, 0.05) is 27.7 Å². The van der Waals surface area contributed by atoms with Crippen LogP contribution in [0.25, 0.3) is 0 Å². The molecule has 56 heavy (non-hydrogen) atoms. The summed E-state index contributed by atoms with van der Waals surface area (Å²) in [5, 5.41) is 11.5. The molecular weight excluding hydrogens is 732 g/mol. The summed E-state index contributed by atoms with van der Waals surface area (Å²) in [5.74, 6) is -3.00. The van der Waals surface area contributed by atoms with Crippen molar-refractivity contribution < 1.29 is 71.7 Å². The Balaban J connectivity index is 1.46. The van der Waals surface area contributed by atoms with Crippen LogP contribution in [0.5, 0.6) is 0 Å². The van der Waals surface area contributed by atoms with Gasteiger partial charge in [-0.15, -0.1) is 0 Å². The maximum absolute atomic E-state index is 12.4. The van der Waals surface area contributed by atoms with Crippen LogP contribution in [0.15, 0.2) is 91.0 Å². The van der Waals surface area contributed by atoms with E-state index in [-0.39, 0.29) is 26.4 Å². The first kappa shape index (κ1) is 42.4. The largest absolute Gasteiger partial charge is 0.463 e. The molecule has 0 aromatic heterocycles. The average Bonchev–Trinajstić information content (AvgIpc) is 3.17. The molecule has 1 N–H and O–H groups in total. The molecule has 0 bridgehead atoms. The van der Waals surface area contributed by atoms with Crippen molar-refractivity contribution in [1.82, 2.24) is 0 Å². The van der Waals surface area contributed by atoms with Gasteiger partial charge in [0.15, 0.2) is 30.9 Å². The number of esters is 4. The first-order valence-corrected chi connectivity index (χ1v) is 18.2. The highest BCUT2D eigenvalue weighted by Gasteiger charge is 2.54. The van der Waals surface area contributed by atoms with Gasteiger partial charge in [0.05, 0.1) is 26.4 Å².